The Hall–Kier alpha value is -3.25. The normalized spacial score (nSPS) is 16.1. The predicted molar refractivity (Wildman–Crippen MR) is 159 cm³/mol. The summed E-state index contributed by atoms with van der Waals surface area (Å²) in [5.41, 5.74) is 4.52. The van der Waals surface area contributed by atoms with Crippen molar-refractivity contribution in [3.63, 3.8) is 0 Å². The number of carbonyl (C=O) groups excluding carboxylic acids is 1. The Morgan fingerprint density at radius 2 is 2.05 bits per heavy atom. The standard InChI is InChI=1S/C30H40ClN5O6/c1-17(2)41-30(38)36-11-12-39-15-21(36)7-10-26-18(3)28(27-19(4)35-42-20(27)5)34-29(33-26)24-13-23(8-9-25(24)31)40-16-22(37)14-32-6/h8-9,13,17,21-22,32,37H,7,10-12,14-16H2,1-6H3/t21-,22+/m0/s1. The molecule has 11 nitrogen and oxygen atoms in total. The van der Waals surface area contributed by atoms with E-state index >= 15 is 0 Å². The van der Waals surface area contributed by atoms with E-state index in [-0.39, 0.29) is 24.8 Å². The second kappa shape index (κ2) is 14.3. The quantitative estimate of drug-likeness (QED) is 0.323. The number of carbonyl (C=O) groups is 1. The van der Waals surface area contributed by atoms with Crippen molar-refractivity contribution in [2.75, 3.05) is 40.0 Å². The summed E-state index contributed by atoms with van der Waals surface area (Å²) in [4.78, 5) is 24.4. The Morgan fingerprint density at radius 3 is 2.74 bits per heavy atom. The van der Waals surface area contributed by atoms with Gasteiger partial charge in [-0.2, -0.15) is 0 Å². The van der Waals surface area contributed by atoms with Crippen LogP contribution < -0.4 is 10.1 Å². The zero-order valence-electron chi connectivity index (χ0n) is 25.1. The fourth-order valence-electron chi connectivity index (χ4n) is 4.95. The van der Waals surface area contributed by atoms with Crippen LogP contribution in [0.1, 0.15) is 43.0 Å². The number of aliphatic hydroxyl groups excluding tert-OH is 1. The van der Waals surface area contributed by atoms with Gasteiger partial charge in [0.2, 0.25) is 0 Å². The average Bonchev–Trinajstić information content (AvgIpc) is 3.29. The van der Waals surface area contributed by atoms with Gasteiger partial charge in [0.15, 0.2) is 5.82 Å². The van der Waals surface area contributed by atoms with E-state index in [1.807, 2.05) is 34.6 Å². The van der Waals surface area contributed by atoms with E-state index in [4.69, 9.17) is 40.3 Å². The lowest BCUT2D eigenvalue weighted by molar-refractivity contribution is -0.0175. The maximum absolute atomic E-state index is 12.8. The minimum Gasteiger partial charge on any atom is -0.491 e. The van der Waals surface area contributed by atoms with E-state index in [1.165, 1.54) is 0 Å². The number of aliphatic hydroxyl groups is 1. The molecule has 3 heterocycles. The molecule has 228 valence electrons. The van der Waals surface area contributed by atoms with Crippen molar-refractivity contribution >= 4 is 17.7 Å². The molecule has 1 aromatic carbocycles. The zero-order chi connectivity index (χ0) is 30.4. The molecular weight excluding hydrogens is 562 g/mol. The van der Waals surface area contributed by atoms with Crippen molar-refractivity contribution < 1.29 is 28.6 Å². The van der Waals surface area contributed by atoms with Gasteiger partial charge in [0, 0.05) is 24.3 Å². The second-order valence-electron chi connectivity index (χ2n) is 10.7. The fraction of sp³-hybridized carbons (Fsp3) is 0.533. The lowest BCUT2D eigenvalue weighted by Gasteiger charge is -2.35. The number of morpholine rings is 1. The molecule has 42 heavy (non-hydrogen) atoms. The van der Waals surface area contributed by atoms with Gasteiger partial charge in [-0.05, 0) is 78.3 Å². The molecule has 12 heteroatoms. The Balaban J connectivity index is 1.70. The van der Waals surface area contributed by atoms with Gasteiger partial charge in [0.05, 0.1) is 47.3 Å². The number of nitrogens with one attached hydrogen (secondary N) is 1. The van der Waals surface area contributed by atoms with Crippen LogP contribution >= 0.6 is 11.6 Å². The predicted octanol–water partition coefficient (Wildman–Crippen LogP) is 4.51. The molecule has 0 radical (unpaired) electrons. The molecule has 0 saturated carbocycles. The number of hydrogen-bond acceptors (Lipinski definition) is 10. The van der Waals surface area contributed by atoms with Crippen LogP contribution in [0.5, 0.6) is 5.75 Å². The summed E-state index contributed by atoms with van der Waals surface area (Å²) < 4.78 is 22.5. The summed E-state index contributed by atoms with van der Waals surface area (Å²) >= 11 is 6.67. The molecule has 1 aliphatic heterocycles. The van der Waals surface area contributed by atoms with Gasteiger partial charge in [0.1, 0.15) is 24.2 Å². The third-order valence-electron chi connectivity index (χ3n) is 7.09. The Bertz CT molecular complexity index is 1360. The molecule has 4 rings (SSSR count). The molecule has 1 amide bonds. The van der Waals surface area contributed by atoms with Crippen LogP contribution in [-0.2, 0) is 15.9 Å². The first-order chi connectivity index (χ1) is 20.1. The lowest BCUT2D eigenvalue weighted by Crippen LogP contribution is -2.49. The number of likely N-dealkylation sites (N-methyl/N-ethyl adjacent to an activating group) is 1. The first kappa shape index (κ1) is 31.7. The second-order valence-corrected chi connectivity index (χ2v) is 11.1. The lowest BCUT2D eigenvalue weighted by atomic mass is 9.99. The van der Waals surface area contributed by atoms with Gasteiger partial charge in [-0.3, -0.25) is 0 Å². The number of rotatable bonds is 11. The van der Waals surface area contributed by atoms with Crippen molar-refractivity contribution in [2.24, 2.45) is 0 Å². The van der Waals surface area contributed by atoms with Crippen molar-refractivity contribution in [1.82, 2.24) is 25.3 Å². The highest BCUT2D eigenvalue weighted by Gasteiger charge is 2.30. The third kappa shape index (κ3) is 7.57. The molecular formula is C30H40ClN5O6. The maximum Gasteiger partial charge on any atom is 0.410 e. The van der Waals surface area contributed by atoms with Crippen molar-refractivity contribution in [1.29, 1.82) is 0 Å². The minimum atomic E-state index is -0.663. The molecule has 1 fully saturated rings. The number of ether oxygens (including phenoxy) is 3. The van der Waals surface area contributed by atoms with Crippen LogP contribution in [0, 0.1) is 20.8 Å². The Kier molecular flexibility index (Phi) is 10.8. The van der Waals surface area contributed by atoms with Gasteiger partial charge in [-0.25, -0.2) is 14.8 Å². The molecule has 0 unspecified atom stereocenters. The van der Waals surface area contributed by atoms with E-state index in [9.17, 15) is 9.90 Å². The van der Waals surface area contributed by atoms with E-state index in [2.05, 4.69) is 10.5 Å². The first-order valence-electron chi connectivity index (χ1n) is 14.2. The summed E-state index contributed by atoms with van der Waals surface area (Å²) in [6, 6.07) is 5.09. The summed E-state index contributed by atoms with van der Waals surface area (Å²) in [5, 5.41) is 17.6. The molecule has 1 saturated heterocycles. The number of amides is 1. The molecule has 0 bridgehead atoms. The molecule has 2 N–H and O–H groups in total. The summed E-state index contributed by atoms with van der Waals surface area (Å²) in [6.45, 7) is 11.3. The van der Waals surface area contributed by atoms with E-state index in [1.54, 1.807) is 30.1 Å². The van der Waals surface area contributed by atoms with Crippen molar-refractivity contribution in [3.8, 4) is 28.4 Å². The maximum atomic E-state index is 12.8. The van der Waals surface area contributed by atoms with Crippen LogP contribution in [0.2, 0.25) is 5.02 Å². The summed E-state index contributed by atoms with van der Waals surface area (Å²) in [7, 11) is 1.77. The fourth-order valence-corrected chi connectivity index (χ4v) is 5.15. The molecule has 1 aliphatic rings. The van der Waals surface area contributed by atoms with Crippen LogP contribution in [0.15, 0.2) is 22.7 Å². The summed E-state index contributed by atoms with van der Waals surface area (Å²) in [6.07, 6.45) is -0.0317. The van der Waals surface area contributed by atoms with Crippen molar-refractivity contribution in [3.05, 3.63) is 45.9 Å². The van der Waals surface area contributed by atoms with Crippen LogP contribution in [0.25, 0.3) is 22.6 Å². The monoisotopic (exact) mass is 601 g/mol. The molecule has 3 aromatic rings. The van der Waals surface area contributed by atoms with Crippen LogP contribution in [0.4, 0.5) is 4.79 Å². The molecule has 0 aliphatic carbocycles. The van der Waals surface area contributed by atoms with E-state index in [0.717, 1.165) is 22.5 Å². The van der Waals surface area contributed by atoms with E-state index in [0.29, 0.717) is 72.8 Å². The minimum absolute atomic E-state index is 0.117. The number of nitrogens with zero attached hydrogens (tertiary/aromatic N) is 4. The number of aryl methyl sites for hydroxylation is 3. The third-order valence-corrected chi connectivity index (χ3v) is 7.42. The van der Waals surface area contributed by atoms with Crippen LogP contribution in [0.3, 0.4) is 0 Å². The highest BCUT2D eigenvalue weighted by molar-refractivity contribution is 6.33. The van der Waals surface area contributed by atoms with Gasteiger partial charge in [-0.15, -0.1) is 0 Å². The highest BCUT2D eigenvalue weighted by Crippen LogP contribution is 2.35. The first-order valence-corrected chi connectivity index (χ1v) is 14.6. The smallest absolute Gasteiger partial charge is 0.410 e. The number of hydrogen-bond donors (Lipinski definition) is 2. The Morgan fingerprint density at radius 1 is 1.26 bits per heavy atom. The summed E-state index contributed by atoms with van der Waals surface area (Å²) in [5.74, 6) is 1.61. The number of halogens is 1. The number of aromatic nitrogens is 3. The molecule has 2 aromatic heterocycles. The Labute approximate surface area is 251 Å². The highest BCUT2D eigenvalue weighted by atomic mass is 35.5. The van der Waals surface area contributed by atoms with Gasteiger partial charge in [-0.1, -0.05) is 16.8 Å². The van der Waals surface area contributed by atoms with E-state index < -0.39 is 6.10 Å². The van der Waals surface area contributed by atoms with Gasteiger partial charge in [0.25, 0.3) is 0 Å². The number of benzene rings is 1. The largest absolute Gasteiger partial charge is 0.491 e. The average molecular weight is 602 g/mol. The van der Waals surface area contributed by atoms with Gasteiger partial charge >= 0.3 is 6.09 Å². The van der Waals surface area contributed by atoms with Crippen LogP contribution in [-0.4, -0.2) is 89.4 Å². The topological polar surface area (TPSA) is 132 Å². The van der Waals surface area contributed by atoms with Crippen molar-refractivity contribution in [2.45, 2.75) is 65.7 Å². The molecule has 2 atom stereocenters. The zero-order valence-corrected chi connectivity index (χ0v) is 25.8. The van der Waals surface area contributed by atoms with Gasteiger partial charge < -0.3 is 34.1 Å². The molecule has 0 spiro atoms. The SMILES string of the molecule is CNC[C@@H](O)COc1ccc(Cl)c(-c2nc(CC[C@H]3COCCN3C(=O)OC(C)C)c(C)c(-c3c(C)noc3C)n2)c1.